The first-order valence-electron chi connectivity index (χ1n) is 5.50. The standard InChI is InChI=1S/C10H23NO2Si/c1-8-6-5-7-9(2)11(8)14-10(12-3)13-4/h8-10H,5-7,14H2,1-4H3. The summed E-state index contributed by atoms with van der Waals surface area (Å²) in [5.74, 6) is 0.0537. The van der Waals surface area contributed by atoms with Gasteiger partial charge in [-0.2, -0.15) is 0 Å². The zero-order valence-corrected chi connectivity index (χ0v) is 11.2. The molecule has 1 saturated heterocycles. The van der Waals surface area contributed by atoms with Crippen molar-refractivity contribution in [2.75, 3.05) is 14.2 Å². The van der Waals surface area contributed by atoms with Gasteiger partial charge in [-0.3, -0.25) is 0 Å². The van der Waals surface area contributed by atoms with E-state index >= 15 is 0 Å². The van der Waals surface area contributed by atoms with E-state index < -0.39 is 9.68 Å². The van der Waals surface area contributed by atoms with Crippen molar-refractivity contribution in [3.8, 4) is 0 Å². The van der Waals surface area contributed by atoms with Gasteiger partial charge in [0.15, 0.2) is 9.68 Å². The molecule has 1 rings (SSSR count). The van der Waals surface area contributed by atoms with Crippen LogP contribution in [0.2, 0.25) is 0 Å². The summed E-state index contributed by atoms with van der Waals surface area (Å²) in [6, 6.07) is 1.44. The molecule has 1 heterocycles. The Kier molecular flexibility index (Phi) is 5.09. The Balaban J connectivity index is 2.46. The van der Waals surface area contributed by atoms with Gasteiger partial charge in [-0.25, -0.2) is 0 Å². The SMILES string of the molecule is COC(OC)[SiH2]N1C(C)CCCC1C. The van der Waals surface area contributed by atoms with E-state index in [4.69, 9.17) is 9.47 Å². The van der Waals surface area contributed by atoms with Gasteiger partial charge in [-0.1, -0.05) is 20.3 Å². The second-order valence-electron chi connectivity index (χ2n) is 4.23. The van der Waals surface area contributed by atoms with Crippen molar-refractivity contribution in [1.29, 1.82) is 0 Å². The Morgan fingerprint density at radius 1 is 1.14 bits per heavy atom. The zero-order chi connectivity index (χ0) is 10.6. The van der Waals surface area contributed by atoms with Gasteiger partial charge in [0.05, 0.1) is 0 Å². The highest BCUT2D eigenvalue weighted by molar-refractivity contribution is 6.33. The highest BCUT2D eigenvalue weighted by Gasteiger charge is 2.27. The van der Waals surface area contributed by atoms with Gasteiger partial charge < -0.3 is 14.0 Å². The average molecular weight is 217 g/mol. The summed E-state index contributed by atoms with van der Waals surface area (Å²) in [6.45, 7) is 4.65. The number of methoxy groups -OCH3 is 2. The monoisotopic (exact) mass is 217 g/mol. The van der Waals surface area contributed by atoms with Gasteiger partial charge >= 0.3 is 0 Å². The van der Waals surface area contributed by atoms with Crippen molar-refractivity contribution >= 4 is 9.68 Å². The van der Waals surface area contributed by atoms with Crippen LogP contribution in [0.15, 0.2) is 0 Å². The van der Waals surface area contributed by atoms with Crippen molar-refractivity contribution < 1.29 is 9.47 Å². The minimum atomic E-state index is -0.427. The van der Waals surface area contributed by atoms with Gasteiger partial charge in [-0.05, 0) is 12.8 Å². The summed E-state index contributed by atoms with van der Waals surface area (Å²) in [4.78, 5) is 0. The molecule has 4 heteroatoms. The first kappa shape index (κ1) is 12.2. The second kappa shape index (κ2) is 5.85. The fraction of sp³-hybridized carbons (Fsp3) is 1.00. The van der Waals surface area contributed by atoms with Gasteiger partial charge in [0.1, 0.15) is 5.91 Å². The number of nitrogens with zero attached hydrogens (tertiary/aromatic N) is 1. The van der Waals surface area contributed by atoms with Crippen LogP contribution < -0.4 is 0 Å². The molecule has 84 valence electrons. The Hall–Kier alpha value is 0.0969. The highest BCUT2D eigenvalue weighted by atomic mass is 28.2. The summed E-state index contributed by atoms with van der Waals surface area (Å²) in [5, 5.41) is 0. The average Bonchev–Trinajstić information content (AvgIpc) is 2.18. The van der Waals surface area contributed by atoms with E-state index in [2.05, 4.69) is 18.4 Å². The third-order valence-corrected chi connectivity index (χ3v) is 5.89. The molecule has 1 aliphatic rings. The fourth-order valence-corrected chi connectivity index (χ4v) is 3.98. The van der Waals surface area contributed by atoms with Crippen molar-refractivity contribution in [1.82, 2.24) is 4.57 Å². The van der Waals surface area contributed by atoms with E-state index in [1.54, 1.807) is 14.2 Å². The largest absolute Gasteiger partial charge is 0.359 e. The molecule has 0 aromatic heterocycles. The number of hydrogen-bond acceptors (Lipinski definition) is 3. The van der Waals surface area contributed by atoms with Crippen LogP contribution in [0.25, 0.3) is 0 Å². The molecule has 0 aromatic rings. The van der Waals surface area contributed by atoms with Gasteiger partial charge in [0, 0.05) is 26.3 Å². The summed E-state index contributed by atoms with van der Waals surface area (Å²) >= 11 is 0. The van der Waals surface area contributed by atoms with Crippen LogP contribution in [0, 0.1) is 0 Å². The molecular formula is C10H23NO2Si. The lowest BCUT2D eigenvalue weighted by Gasteiger charge is -2.40. The van der Waals surface area contributed by atoms with Gasteiger partial charge in [0.2, 0.25) is 0 Å². The maximum absolute atomic E-state index is 5.30. The predicted octanol–water partition coefficient (Wildman–Crippen LogP) is 0.909. The molecule has 0 N–H and O–H groups in total. The number of hydrogen-bond donors (Lipinski definition) is 0. The highest BCUT2D eigenvalue weighted by Crippen LogP contribution is 2.21. The fourth-order valence-electron chi connectivity index (χ4n) is 2.25. The molecule has 0 bridgehead atoms. The van der Waals surface area contributed by atoms with E-state index in [9.17, 15) is 0 Å². The smallest absolute Gasteiger partial charge is 0.162 e. The molecule has 0 radical (unpaired) electrons. The van der Waals surface area contributed by atoms with Crippen LogP contribution in [0.3, 0.4) is 0 Å². The lowest BCUT2D eigenvalue weighted by atomic mass is 10.0. The molecule has 0 amide bonds. The number of rotatable bonds is 4. The molecule has 3 nitrogen and oxygen atoms in total. The maximum Gasteiger partial charge on any atom is 0.162 e. The van der Waals surface area contributed by atoms with E-state index in [1.165, 1.54) is 19.3 Å². The van der Waals surface area contributed by atoms with Gasteiger partial charge in [-0.15, -0.1) is 0 Å². The minimum absolute atomic E-state index is 0.0537. The second-order valence-corrected chi connectivity index (χ2v) is 5.99. The first-order valence-corrected chi connectivity index (χ1v) is 6.95. The minimum Gasteiger partial charge on any atom is -0.359 e. The molecule has 2 unspecified atom stereocenters. The maximum atomic E-state index is 5.30. The Labute approximate surface area is 89.7 Å². The van der Waals surface area contributed by atoms with E-state index in [1.807, 2.05) is 0 Å². The zero-order valence-electron chi connectivity index (χ0n) is 9.82. The van der Waals surface area contributed by atoms with Crippen LogP contribution >= 0.6 is 0 Å². The lowest BCUT2D eigenvalue weighted by Crippen LogP contribution is -2.50. The summed E-state index contributed by atoms with van der Waals surface area (Å²) in [7, 11) is 3.05. The summed E-state index contributed by atoms with van der Waals surface area (Å²) in [5.41, 5.74) is 0. The molecule has 0 aromatic carbocycles. The van der Waals surface area contributed by atoms with Crippen molar-refractivity contribution in [3.05, 3.63) is 0 Å². The molecule has 0 saturated carbocycles. The van der Waals surface area contributed by atoms with Crippen LogP contribution in [0.1, 0.15) is 33.1 Å². The van der Waals surface area contributed by atoms with E-state index in [0.29, 0.717) is 0 Å². The molecule has 2 atom stereocenters. The topological polar surface area (TPSA) is 21.7 Å². The van der Waals surface area contributed by atoms with E-state index in [-0.39, 0.29) is 5.91 Å². The number of ether oxygens (including phenoxy) is 2. The third kappa shape index (κ3) is 3.05. The molecule has 14 heavy (non-hydrogen) atoms. The molecule has 0 spiro atoms. The lowest BCUT2D eigenvalue weighted by molar-refractivity contribution is -0.0511. The van der Waals surface area contributed by atoms with Crippen molar-refractivity contribution in [2.45, 2.75) is 51.1 Å². The van der Waals surface area contributed by atoms with Crippen LogP contribution in [0.4, 0.5) is 0 Å². The predicted molar refractivity (Wildman–Crippen MR) is 61.0 cm³/mol. The molecular weight excluding hydrogens is 194 g/mol. The van der Waals surface area contributed by atoms with Crippen LogP contribution in [-0.2, 0) is 9.47 Å². The Morgan fingerprint density at radius 2 is 1.64 bits per heavy atom. The Bertz CT molecular complexity index is 154. The molecule has 0 aliphatic carbocycles. The summed E-state index contributed by atoms with van der Waals surface area (Å²) < 4.78 is 13.2. The van der Waals surface area contributed by atoms with Crippen LogP contribution in [-0.4, -0.2) is 46.5 Å². The Morgan fingerprint density at radius 3 is 2.07 bits per heavy atom. The number of piperidine rings is 1. The van der Waals surface area contributed by atoms with Gasteiger partial charge in [0.25, 0.3) is 0 Å². The molecule has 1 fully saturated rings. The first-order chi connectivity index (χ1) is 6.69. The summed E-state index contributed by atoms with van der Waals surface area (Å²) in [6.07, 6.45) is 4.03. The van der Waals surface area contributed by atoms with Crippen molar-refractivity contribution in [3.63, 3.8) is 0 Å². The third-order valence-electron chi connectivity index (χ3n) is 3.26. The van der Waals surface area contributed by atoms with Crippen molar-refractivity contribution in [2.24, 2.45) is 0 Å². The quantitative estimate of drug-likeness (QED) is 0.516. The normalized spacial score (nSPS) is 30.6. The molecule has 1 aliphatic heterocycles. The van der Waals surface area contributed by atoms with Crippen LogP contribution in [0.5, 0.6) is 0 Å². The van der Waals surface area contributed by atoms with E-state index in [0.717, 1.165) is 12.1 Å².